The molecule has 1 spiro atoms. The van der Waals surface area contributed by atoms with Crippen LogP contribution in [0.4, 0.5) is 5.69 Å². The first-order valence-electron chi connectivity index (χ1n) is 18.1. The van der Waals surface area contributed by atoms with E-state index in [-0.39, 0.29) is 48.0 Å². The summed E-state index contributed by atoms with van der Waals surface area (Å²) >= 11 is 3.17. The molecule has 0 saturated heterocycles. The van der Waals surface area contributed by atoms with Gasteiger partial charge in [-0.2, -0.15) is 0 Å². The first-order chi connectivity index (χ1) is 25.0. The standard InChI is InChI=1S/C41H48N4O5S2/c1-4-5-27-6-9-34(51-27)35-10-11-36(52-35)38(50)29-13-15-40(14-12-26-19-25(33(49)21-46)20-41(26,29)22-40)37(45-39(42)43-3)18-24-16-31-28(32(48)17-24)7-8-30(44-31)23(2)47/h6-12,14,16-17,23,25-26,29-30,33,37,44,46-49H,13,15,18-22H2,1-3H3,(H3,42,43,45)/t23-,25+,26-,29+,30-,33+,37+,40+,41+/m0/s1. The predicted octanol–water partition coefficient (Wildman–Crippen LogP) is 5.79. The SMILES string of the molecule is CC#Cc1ccc(-c2ccc(C(=O)[C@H]3CC[C@]4([C@@H](Cc5cc(O)c6c(c5)N[C@H]([C@H](C)O)C=C6)NC(N)=NC)C=C[C@H]5C[C@@H]([C@H](O)CO)C[C@]35C4)s2)s1. The summed E-state index contributed by atoms with van der Waals surface area (Å²) in [5.74, 6) is 6.40. The van der Waals surface area contributed by atoms with Gasteiger partial charge in [-0.3, -0.25) is 9.79 Å². The van der Waals surface area contributed by atoms with E-state index in [9.17, 15) is 25.2 Å². The lowest BCUT2D eigenvalue weighted by atomic mass is 9.48. The molecule has 274 valence electrons. The van der Waals surface area contributed by atoms with E-state index in [4.69, 9.17) is 5.73 Å². The number of hydrogen-bond donors (Lipinski definition) is 7. The summed E-state index contributed by atoms with van der Waals surface area (Å²) in [7, 11) is 1.65. The van der Waals surface area contributed by atoms with Crippen LogP contribution in [0.3, 0.4) is 0 Å². The van der Waals surface area contributed by atoms with E-state index >= 15 is 0 Å². The number of benzene rings is 1. The molecule has 1 aromatic carbocycles. The Morgan fingerprint density at radius 2 is 1.96 bits per heavy atom. The number of phenolic OH excluding ortho intramolecular Hbond substituents is 1. The Morgan fingerprint density at radius 1 is 1.17 bits per heavy atom. The van der Waals surface area contributed by atoms with Crippen LogP contribution in [0.25, 0.3) is 15.8 Å². The number of Topliss-reactive ketones (excluding diaryl/α,β-unsaturated/α-hetero) is 1. The fourth-order valence-corrected chi connectivity index (χ4v) is 11.5. The zero-order chi connectivity index (χ0) is 36.8. The van der Waals surface area contributed by atoms with Crippen molar-refractivity contribution in [2.45, 2.75) is 76.7 Å². The van der Waals surface area contributed by atoms with Crippen molar-refractivity contribution in [3.63, 3.8) is 0 Å². The highest BCUT2D eigenvalue weighted by Crippen LogP contribution is 2.67. The summed E-state index contributed by atoms with van der Waals surface area (Å²) in [6, 6.07) is 11.4. The number of allylic oxidation sites excluding steroid dienone is 1. The van der Waals surface area contributed by atoms with Crippen LogP contribution >= 0.6 is 22.7 Å². The smallest absolute Gasteiger partial charge is 0.188 e. The number of nitrogens with one attached hydrogen (secondary N) is 2. The molecule has 4 aliphatic rings. The number of aliphatic hydroxyl groups excluding tert-OH is 3. The summed E-state index contributed by atoms with van der Waals surface area (Å²) in [6.45, 7) is 3.25. The molecule has 11 heteroatoms. The molecule has 9 nitrogen and oxygen atoms in total. The second-order valence-corrected chi connectivity index (χ2v) is 17.2. The lowest BCUT2D eigenvalue weighted by Gasteiger charge is -2.57. The molecule has 3 aromatic rings. The number of phenols is 1. The molecule has 3 heterocycles. The quantitative estimate of drug-likeness (QED) is 0.0452. The Kier molecular flexibility index (Phi) is 10.1. The molecule has 1 aliphatic heterocycles. The van der Waals surface area contributed by atoms with Crippen molar-refractivity contribution in [2.75, 3.05) is 19.0 Å². The lowest BCUT2D eigenvalue weighted by molar-refractivity contribution is -0.0192. The highest BCUT2D eigenvalue weighted by Gasteiger charge is 2.62. The molecule has 9 atom stereocenters. The van der Waals surface area contributed by atoms with Crippen molar-refractivity contribution in [2.24, 2.45) is 39.3 Å². The van der Waals surface area contributed by atoms with Gasteiger partial charge >= 0.3 is 0 Å². The van der Waals surface area contributed by atoms with E-state index in [0.717, 1.165) is 37.2 Å². The largest absolute Gasteiger partial charge is 0.507 e. The number of anilines is 1. The Bertz CT molecular complexity index is 1990. The van der Waals surface area contributed by atoms with Crippen molar-refractivity contribution < 1.29 is 25.2 Å². The lowest BCUT2D eigenvalue weighted by Crippen LogP contribution is -2.58. The fraction of sp³-hybridized carbons (Fsp3) is 0.463. The number of nitrogens with two attached hydrogens (primary N) is 1. The fourth-order valence-electron chi connectivity index (χ4n) is 9.51. The minimum atomic E-state index is -0.852. The van der Waals surface area contributed by atoms with Gasteiger partial charge in [-0.1, -0.05) is 30.2 Å². The molecule has 2 bridgehead atoms. The molecule has 8 N–H and O–H groups in total. The molecule has 3 aliphatic carbocycles. The molecule has 0 radical (unpaired) electrons. The first-order valence-corrected chi connectivity index (χ1v) is 19.7. The van der Waals surface area contributed by atoms with Crippen LogP contribution in [0.15, 0.2) is 59.6 Å². The molecule has 2 saturated carbocycles. The summed E-state index contributed by atoms with van der Waals surface area (Å²) in [4.78, 5) is 22.9. The molecule has 0 amide bonds. The number of thiophene rings is 2. The molecule has 0 unspecified atom stereocenters. The van der Waals surface area contributed by atoms with Gasteiger partial charge in [0.25, 0.3) is 0 Å². The third kappa shape index (κ3) is 6.60. The van der Waals surface area contributed by atoms with Crippen molar-refractivity contribution in [1.82, 2.24) is 5.32 Å². The van der Waals surface area contributed by atoms with Gasteiger partial charge < -0.3 is 36.8 Å². The first kappa shape index (κ1) is 36.4. The van der Waals surface area contributed by atoms with Gasteiger partial charge in [-0.25, -0.2) is 0 Å². The number of carbonyl (C=O) groups excluding carboxylic acids is 1. The molecule has 7 rings (SSSR count). The highest BCUT2D eigenvalue weighted by molar-refractivity contribution is 7.23. The van der Waals surface area contributed by atoms with Crippen LogP contribution in [0.5, 0.6) is 5.75 Å². The van der Waals surface area contributed by atoms with Gasteiger partial charge in [0.1, 0.15) is 5.75 Å². The summed E-state index contributed by atoms with van der Waals surface area (Å²) < 4.78 is 0. The van der Waals surface area contributed by atoms with Gasteiger partial charge in [0.2, 0.25) is 0 Å². The Morgan fingerprint density at radius 3 is 2.71 bits per heavy atom. The van der Waals surface area contributed by atoms with Crippen LogP contribution in [0.2, 0.25) is 0 Å². The van der Waals surface area contributed by atoms with Crippen LogP contribution in [0, 0.1) is 40.4 Å². The van der Waals surface area contributed by atoms with Crippen molar-refractivity contribution in [1.29, 1.82) is 0 Å². The molecule has 2 fully saturated rings. The zero-order valence-corrected chi connectivity index (χ0v) is 31.4. The molecular formula is C41H48N4O5S2. The maximum atomic E-state index is 14.7. The van der Waals surface area contributed by atoms with Gasteiger partial charge in [0, 0.05) is 45.4 Å². The predicted molar refractivity (Wildman–Crippen MR) is 210 cm³/mol. The highest BCUT2D eigenvalue weighted by atomic mass is 32.1. The summed E-state index contributed by atoms with van der Waals surface area (Å²) in [5.41, 5.74) is 7.90. The number of carbonyl (C=O) groups is 1. The normalized spacial score (nSPS) is 29.2. The van der Waals surface area contributed by atoms with E-state index in [0.29, 0.717) is 43.6 Å². The van der Waals surface area contributed by atoms with Crippen LogP contribution < -0.4 is 16.4 Å². The summed E-state index contributed by atoms with van der Waals surface area (Å²) in [5, 5.41) is 49.2. The van der Waals surface area contributed by atoms with Crippen molar-refractivity contribution >= 4 is 46.2 Å². The number of aromatic hydroxyl groups is 1. The molecular weight excluding hydrogens is 693 g/mol. The number of aliphatic hydroxyl groups is 3. The number of guanidine groups is 1. The Hall–Kier alpha value is -3.92. The summed E-state index contributed by atoms with van der Waals surface area (Å²) in [6.07, 6.45) is 10.8. The van der Waals surface area contributed by atoms with E-state index < -0.39 is 23.0 Å². The second kappa shape index (κ2) is 14.5. The number of rotatable bonds is 10. The van der Waals surface area contributed by atoms with Crippen molar-refractivity contribution in [3.05, 3.63) is 75.5 Å². The minimum Gasteiger partial charge on any atom is -0.507 e. The average Bonchev–Trinajstić information content (AvgIpc) is 3.90. The number of fused-ring (bicyclic) bond motifs is 2. The topological polar surface area (TPSA) is 160 Å². The van der Waals surface area contributed by atoms with Gasteiger partial charge in [-0.15, -0.1) is 28.6 Å². The maximum Gasteiger partial charge on any atom is 0.188 e. The van der Waals surface area contributed by atoms with Gasteiger partial charge in [0.05, 0.1) is 34.6 Å². The minimum absolute atomic E-state index is 0.0759. The number of aliphatic imine (C=N–C) groups is 1. The van der Waals surface area contributed by atoms with Crippen LogP contribution in [0.1, 0.15) is 71.6 Å². The monoisotopic (exact) mass is 740 g/mol. The number of ketones is 1. The van der Waals surface area contributed by atoms with Crippen LogP contribution in [-0.4, -0.2) is 70.1 Å². The van der Waals surface area contributed by atoms with E-state index in [1.807, 2.05) is 43.3 Å². The molecule has 2 aromatic heterocycles. The number of hydrogen-bond acceptors (Lipinski definition) is 9. The van der Waals surface area contributed by atoms with Gasteiger partial charge in [-0.05, 0) is 112 Å². The van der Waals surface area contributed by atoms with Gasteiger partial charge in [0.15, 0.2) is 11.7 Å². The average molecular weight is 741 g/mol. The Balaban J connectivity index is 1.23. The zero-order valence-electron chi connectivity index (χ0n) is 29.8. The van der Waals surface area contributed by atoms with E-state index in [1.165, 1.54) is 11.3 Å². The van der Waals surface area contributed by atoms with Crippen molar-refractivity contribution in [3.8, 4) is 27.3 Å². The van der Waals surface area contributed by atoms with E-state index in [1.54, 1.807) is 31.4 Å². The third-order valence-electron chi connectivity index (χ3n) is 12.1. The molecule has 52 heavy (non-hydrogen) atoms. The third-order valence-corrected chi connectivity index (χ3v) is 14.4. The van der Waals surface area contributed by atoms with E-state index in [2.05, 4.69) is 45.7 Å². The maximum absolute atomic E-state index is 14.7. The number of nitrogens with zero attached hydrogens (tertiary/aromatic N) is 1. The second-order valence-electron chi connectivity index (χ2n) is 15.1. The Labute approximate surface area is 313 Å². The van der Waals surface area contributed by atoms with Crippen LogP contribution in [-0.2, 0) is 6.42 Å².